The van der Waals surface area contributed by atoms with Gasteiger partial charge in [-0.1, -0.05) is 6.42 Å². The van der Waals surface area contributed by atoms with Gasteiger partial charge in [0.1, 0.15) is 5.55 Å². The molecule has 0 atom stereocenters. The molecule has 0 N–H and O–H groups in total. The van der Waals surface area contributed by atoms with Gasteiger partial charge in [-0.15, -0.1) is 0 Å². The summed E-state index contributed by atoms with van der Waals surface area (Å²) in [5, 5.41) is 0. The molecule has 1 aliphatic carbocycles. The first-order chi connectivity index (χ1) is 4.43. The van der Waals surface area contributed by atoms with Crippen LogP contribution in [0.15, 0.2) is 0 Å². The zero-order valence-electron chi connectivity index (χ0n) is 5.51. The fourth-order valence-electron chi connectivity index (χ4n) is 1.28. The van der Waals surface area contributed by atoms with Gasteiger partial charge >= 0.3 is 0 Å². The lowest BCUT2D eigenvalue weighted by molar-refractivity contribution is 0.156. The highest BCUT2D eigenvalue weighted by Crippen LogP contribution is 2.19. The highest BCUT2D eigenvalue weighted by atomic mass is 32.1. The van der Waals surface area contributed by atoms with Crippen LogP contribution in [0.2, 0.25) is 0 Å². The van der Waals surface area contributed by atoms with Crippen molar-refractivity contribution < 1.29 is 4.74 Å². The third-order valence-corrected chi connectivity index (χ3v) is 1.91. The first-order valence-electron chi connectivity index (χ1n) is 3.52. The Hall–Kier alpha value is -0.110. The summed E-state index contributed by atoms with van der Waals surface area (Å²) in [6.45, 7) is 0. The molecule has 0 heterocycles. The SMILES string of the molecule is S=COC1CCCCC1. The number of hydrogen-bond acceptors (Lipinski definition) is 2. The van der Waals surface area contributed by atoms with Gasteiger partial charge in [-0.25, -0.2) is 0 Å². The van der Waals surface area contributed by atoms with Crippen molar-refractivity contribution in [3.63, 3.8) is 0 Å². The minimum absolute atomic E-state index is 0.441. The van der Waals surface area contributed by atoms with Gasteiger partial charge in [-0.3, -0.25) is 0 Å². The van der Waals surface area contributed by atoms with Crippen molar-refractivity contribution in [2.75, 3.05) is 0 Å². The quantitative estimate of drug-likeness (QED) is 0.550. The molecule has 0 spiro atoms. The van der Waals surface area contributed by atoms with Crippen LogP contribution in [0.4, 0.5) is 0 Å². The van der Waals surface area contributed by atoms with Crippen molar-refractivity contribution in [3.05, 3.63) is 0 Å². The number of ether oxygens (including phenoxy) is 1. The first-order valence-corrected chi connectivity index (χ1v) is 4.00. The average Bonchev–Trinajstić information content (AvgIpc) is 1.91. The highest BCUT2D eigenvalue weighted by Gasteiger charge is 2.12. The Morgan fingerprint density at radius 1 is 1.22 bits per heavy atom. The smallest absolute Gasteiger partial charge is 0.146 e. The predicted molar refractivity (Wildman–Crippen MR) is 41.6 cm³/mol. The Labute approximate surface area is 61.4 Å². The lowest BCUT2D eigenvalue weighted by atomic mass is 9.98. The number of thiocarbonyl (C=S) groups is 1. The van der Waals surface area contributed by atoms with Gasteiger partial charge in [0, 0.05) is 0 Å². The van der Waals surface area contributed by atoms with E-state index < -0.39 is 0 Å². The van der Waals surface area contributed by atoms with E-state index in [1.165, 1.54) is 37.7 Å². The molecule has 0 radical (unpaired) electrons. The summed E-state index contributed by atoms with van der Waals surface area (Å²) in [6.07, 6.45) is 6.84. The van der Waals surface area contributed by atoms with E-state index in [1.54, 1.807) is 0 Å². The van der Waals surface area contributed by atoms with Crippen LogP contribution in [0.25, 0.3) is 0 Å². The molecule has 1 aliphatic rings. The molecule has 1 fully saturated rings. The minimum atomic E-state index is 0.441. The molecular formula is C7H12OS. The Balaban J connectivity index is 2.15. The van der Waals surface area contributed by atoms with Gasteiger partial charge < -0.3 is 4.74 Å². The van der Waals surface area contributed by atoms with Crippen molar-refractivity contribution in [1.82, 2.24) is 0 Å². The van der Waals surface area contributed by atoms with Crippen molar-refractivity contribution >= 4 is 17.8 Å². The molecule has 2 heteroatoms. The summed E-state index contributed by atoms with van der Waals surface area (Å²) in [6, 6.07) is 0. The Morgan fingerprint density at radius 2 is 1.89 bits per heavy atom. The summed E-state index contributed by atoms with van der Waals surface area (Å²) in [4.78, 5) is 0. The molecule has 1 rings (SSSR count). The van der Waals surface area contributed by atoms with E-state index in [0.717, 1.165) is 0 Å². The van der Waals surface area contributed by atoms with Crippen LogP contribution in [0, 0.1) is 0 Å². The van der Waals surface area contributed by atoms with Crippen LogP contribution in [0.3, 0.4) is 0 Å². The predicted octanol–water partition coefficient (Wildman–Crippen LogP) is 2.29. The van der Waals surface area contributed by atoms with Crippen LogP contribution < -0.4 is 0 Å². The van der Waals surface area contributed by atoms with E-state index in [0.29, 0.717) is 6.10 Å². The summed E-state index contributed by atoms with van der Waals surface area (Å²) >= 11 is 4.59. The first kappa shape index (κ1) is 7.00. The topological polar surface area (TPSA) is 9.23 Å². The Kier molecular flexibility index (Phi) is 2.98. The van der Waals surface area contributed by atoms with Gasteiger partial charge in [-0.2, -0.15) is 0 Å². The molecule has 0 aromatic rings. The summed E-state index contributed by atoms with van der Waals surface area (Å²) < 4.78 is 5.17. The molecule has 0 amide bonds. The normalized spacial score (nSPS) is 21.3. The van der Waals surface area contributed by atoms with E-state index in [-0.39, 0.29) is 0 Å². The van der Waals surface area contributed by atoms with E-state index in [4.69, 9.17) is 4.74 Å². The monoisotopic (exact) mass is 144 g/mol. The van der Waals surface area contributed by atoms with E-state index in [1.807, 2.05) is 0 Å². The third kappa shape index (κ3) is 2.31. The minimum Gasteiger partial charge on any atom is -0.487 e. The van der Waals surface area contributed by atoms with Crippen LogP contribution >= 0.6 is 12.2 Å². The fourth-order valence-corrected chi connectivity index (χ4v) is 1.44. The maximum atomic E-state index is 5.17. The molecule has 1 nitrogen and oxygen atoms in total. The van der Waals surface area contributed by atoms with Gasteiger partial charge in [-0.05, 0) is 37.9 Å². The largest absolute Gasteiger partial charge is 0.487 e. The molecule has 9 heavy (non-hydrogen) atoms. The second-order valence-corrected chi connectivity index (χ2v) is 2.68. The van der Waals surface area contributed by atoms with Gasteiger partial charge in [0.05, 0.1) is 6.10 Å². The highest BCUT2D eigenvalue weighted by molar-refractivity contribution is 7.78. The van der Waals surface area contributed by atoms with Crippen molar-refractivity contribution in [3.8, 4) is 0 Å². The second kappa shape index (κ2) is 3.83. The lowest BCUT2D eigenvalue weighted by Gasteiger charge is -2.19. The molecule has 0 aromatic carbocycles. The summed E-state index contributed by atoms with van der Waals surface area (Å²) in [5.41, 5.74) is 1.40. The standard InChI is InChI=1S/C7H12OS/c9-6-8-7-4-2-1-3-5-7/h6-7H,1-5H2. The van der Waals surface area contributed by atoms with Gasteiger partial charge in [0.15, 0.2) is 0 Å². The van der Waals surface area contributed by atoms with Crippen LogP contribution in [0.5, 0.6) is 0 Å². The molecule has 0 unspecified atom stereocenters. The van der Waals surface area contributed by atoms with E-state index >= 15 is 0 Å². The molecule has 52 valence electrons. The Bertz CT molecular complexity index is 86.9. The lowest BCUT2D eigenvalue weighted by Crippen LogP contribution is -2.14. The zero-order valence-corrected chi connectivity index (χ0v) is 6.32. The number of hydrogen-bond donors (Lipinski definition) is 0. The molecular weight excluding hydrogens is 132 g/mol. The molecule has 0 bridgehead atoms. The summed E-state index contributed by atoms with van der Waals surface area (Å²) in [5.74, 6) is 0. The van der Waals surface area contributed by atoms with Crippen molar-refractivity contribution in [1.29, 1.82) is 0 Å². The average molecular weight is 144 g/mol. The molecule has 0 aliphatic heterocycles. The zero-order chi connectivity index (χ0) is 6.53. The van der Waals surface area contributed by atoms with E-state index in [2.05, 4.69) is 12.2 Å². The maximum Gasteiger partial charge on any atom is 0.146 e. The van der Waals surface area contributed by atoms with Gasteiger partial charge in [0.2, 0.25) is 0 Å². The second-order valence-electron chi connectivity index (χ2n) is 2.49. The molecule has 0 saturated heterocycles. The van der Waals surface area contributed by atoms with Crippen LogP contribution in [-0.2, 0) is 4.74 Å². The maximum absolute atomic E-state index is 5.17. The van der Waals surface area contributed by atoms with Crippen LogP contribution in [-0.4, -0.2) is 11.7 Å². The number of rotatable bonds is 2. The van der Waals surface area contributed by atoms with E-state index in [9.17, 15) is 0 Å². The van der Waals surface area contributed by atoms with Crippen molar-refractivity contribution in [2.24, 2.45) is 0 Å². The Morgan fingerprint density at radius 3 is 2.44 bits per heavy atom. The fraction of sp³-hybridized carbons (Fsp3) is 0.857. The van der Waals surface area contributed by atoms with Crippen molar-refractivity contribution in [2.45, 2.75) is 38.2 Å². The third-order valence-electron chi connectivity index (χ3n) is 1.80. The van der Waals surface area contributed by atoms with Gasteiger partial charge in [0.25, 0.3) is 0 Å². The molecule has 0 aromatic heterocycles. The summed E-state index contributed by atoms with van der Waals surface area (Å²) in [7, 11) is 0. The molecule has 1 saturated carbocycles. The van der Waals surface area contributed by atoms with Crippen LogP contribution in [0.1, 0.15) is 32.1 Å².